The van der Waals surface area contributed by atoms with Crippen molar-refractivity contribution in [3.8, 4) is 6.07 Å². The van der Waals surface area contributed by atoms with Crippen molar-refractivity contribution >= 4 is 40.1 Å². The molecule has 0 amide bonds. The zero-order chi connectivity index (χ0) is 25.1. The number of carboxylic acid groups (broad SMARTS) is 1. The molecule has 2 N–H and O–H groups in total. The molecule has 5 rings (SSSR count). The summed E-state index contributed by atoms with van der Waals surface area (Å²) in [7, 11) is 0. The summed E-state index contributed by atoms with van der Waals surface area (Å²) in [5.41, 5.74) is 2.77. The lowest BCUT2D eigenvalue weighted by Crippen LogP contribution is -2.41. The Hall–Kier alpha value is -3.58. The van der Waals surface area contributed by atoms with E-state index in [4.69, 9.17) is 16.6 Å². The van der Waals surface area contributed by atoms with Crippen LogP contribution < -0.4 is 10.2 Å². The van der Waals surface area contributed by atoms with Gasteiger partial charge in [-0.25, -0.2) is 28.5 Å². The van der Waals surface area contributed by atoms with E-state index in [1.54, 1.807) is 17.0 Å². The molecule has 1 saturated heterocycles. The number of aryl methyl sites for hydroxylation is 1. The minimum atomic E-state index is -2.70. The summed E-state index contributed by atoms with van der Waals surface area (Å²) in [4.78, 5) is 26.6. The van der Waals surface area contributed by atoms with Crippen molar-refractivity contribution in [1.82, 2.24) is 15.0 Å². The lowest BCUT2D eigenvalue weighted by atomic mass is 10.0. The van der Waals surface area contributed by atoms with Gasteiger partial charge in [0.15, 0.2) is 17.2 Å². The maximum absolute atomic E-state index is 14.1. The average molecular weight is 499 g/mol. The van der Waals surface area contributed by atoms with Crippen molar-refractivity contribution in [3.05, 3.63) is 51.9 Å². The molecule has 3 heterocycles. The molecule has 0 spiro atoms. The molecule has 3 atom stereocenters. The van der Waals surface area contributed by atoms with Crippen LogP contribution in [0.25, 0.3) is 11.0 Å². The van der Waals surface area contributed by atoms with Crippen LogP contribution in [-0.2, 0) is 0 Å². The number of nitrogens with one attached hydrogen (secondary N) is 1. The van der Waals surface area contributed by atoms with Crippen molar-refractivity contribution < 1.29 is 18.7 Å². The molecule has 35 heavy (non-hydrogen) atoms. The predicted octanol–water partition coefficient (Wildman–Crippen LogP) is 4.96. The molecule has 2 aromatic heterocycles. The fourth-order valence-electron chi connectivity index (χ4n) is 5.11. The Morgan fingerprint density at radius 1 is 1.34 bits per heavy atom. The molecule has 8 nitrogen and oxygen atoms in total. The molecular weight excluding hydrogens is 478 g/mol. The van der Waals surface area contributed by atoms with Crippen LogP contribution in [0.2, 0.25) is 5.15 Å². The van der Waals surface area contributed by atoms with Gasteiger partial charge in [0.2, 0.25) is 0 Å². The van der Waals surface area contributed by atoms with Gasteiger partial charge < -0.3 is 15.3 Å². The van der Waals surface area contributed by atoms with Gasteiger partial charge in [0.25, 0.3) is 5.92 Å². The van der Waals surface area contributed by atoms with E-state index < -0.39 is 29.9 Å². The van der Waals surface area contributed by atoms with Gasteiger partial charge in [0.05, 0.1) is 22.8 Å². The Bertz CT molecular complexity index is 1410. The average Bonchev–Trinajstić information content (AvgIpc) is 3.34. The second-order valence-corrected chi connectivity index (χ2v) is 9.52. The zero-order valence-electron chi connectivity index (χ0n) is 18.9. The van der Waals surface area contributed by atoms with E-state index in [-0.39, 0.29) is 35.2 Å². The smallest absolute Gasteiger partial charge is 0.356 e. The highest BCUT2D eigenvalue weighted by Crippen LogP contribution is 2.49. The molecule has 1 aromatic carbocycles. The number of pyridine rings is 1. The Balaban J connectivity index is 1.57. The number of hydrogen-bond acceptors (Lipinski definition) is 7. The first-order chi connectivity index (χ1) is 16.6. The number of carbonyl (C=O) groups is 1. The molecule has 0 unspecified atom stereocenters. The highest BCUT2D eigenvalue weighted by Gasteiger charge is 2.56. The number of anilines is 2. The second-order valence-electron chi connectivity index (χ2n) is 9.13. The summed E-state index contributed by atoms with van der Waals surface area (Å²) < 4.78 is 28.2. The van der Waals surface area contributed by atoms with Gasteiger partial charge in [-0.15, -0.1) is 0 Å². The van der Waals surface area contributed by atoms with Crippen LogP contribution in [0.15, 0.2) is 24.3 Å². The molecule has 1 saturated carbocycles. The number of carboxylic acids is 1. The molecular formula is C24H21ClF2N6O2. The molecule has 2 bridgehead atoms. The summed E-state index contributed by atoms with van der Waals surface area (Å²) in [6.45, 7) is 3.84. The Morgan fingerprint density at radius 3 is 2.74 bits per heavy atom. The molecule has 180 valence electrons. The van der Waals surface area contributed by atoms with Gasteiger partial charge >= 0.3 is 5.97 Å². The van der Waals surface area contributed by atoms with Crippen molar-refractivity contribution in [2.75, 3.05) is 16.8 Å². The number of halogens is 3. The largest absolute Gasteiger partial charge is 0.476 e. The number of alkyl halides is 2. The molecule has 1 aliphatic heterocycles. The minimum absolute atomic E-state index is 0.0617. The molecule has 11 heteroatoms. The van der Waals surface area contributed by atoms with Crippen LogP contribution in [0.5, 0.6) is 0 Å². The first-order valence-electron chi connectivity index (χ1n) is 11.1. The van der Waals surface area contributed by atoms with Crippen LogP contribution in [0.1, 0.15) is 53.1 Å². The van der Waals surface area contributed by atoms with Crippen molar-refractivity contribution in [2.24, 2.45) is 5.92 Å². The summed E-state index contributed by atoms with van der Waals surface area (Å²) >= 11 is 5.87. The lowest BCUT2D eigenvalue weighted by molar-refractivity contribution is -0.0411. The first kappa shape index (κ1) is 23.2. The Labute approximate surface area is 204 Å². The van der Waals surface area contributed by atoms with Crippen molar-refractivity contribution in [3.63, 3.8) is 0 Å². The Morgan fingerprint density at radius 2 is 2.11 bits per heavy atom. The van der Waals surface area contributed by atoms with E-state index in [9.17, 15) is 23.9 Å². The first-order valence-corrected chi connectivity index (χ1v) is 11.5. The van der Waals surface area contributed by atoms with E-state index in [1.807, 2.05) is 19.9 Å². The molecule has 3 aromatic rings. The number of benzene rings is 1. The van der Waals surface area contributed by atoms with E-state index in [0.29, 0.717) is 23.3 Å². The maximum atomic E-state index is 14.1. The fraction of sp³-hybridized carbons (Fsp3) is 0.375. The van der Waals surface area contributed by atoms with Gasteiger partial charge in [-0.1, -0.05) is 17.7 Å². The van der Waals surface area contributed by atoms with Crippen molar-refractivity contribution in [2.45, 2.75) is 44.7 Å². The number of aromatic nitrogens is 3. The van der Waals surface area contributed by atoms with E-state index >= 15 is 0 Å². The second kappa shape index (κ2) is 8.27. The third-order valence-electron chi connectivity index (χ3n) is 6.73. The number of nitriles is 1. The van der Waals surface area contributed by atoms with Crippen LogP contribution in [0.4, 0.5) is 20.3 Å². The van der Waals surface area contributed by atoms with E-state index in [2.05, 4.69) is 21.4 Å². The monoisotopic (exact) mass is 498 g/mol. The topological polar surface area (TPSA) is 115 Å². The molecule has 1 aliphatic carbocycles. The molecule has 2 aliphatic rings. The normalized spacial score (nSPS) is 21.2. The van der Waals surface area contributed by atoms with E-state index in [0.717, 1.165) is 11.1 Å². The Kier molecular flexibility index (Phi) is 5.48. The van der Waals surface area contributed by atoms with Crippen LogP contribution in [-0.4, -0.2) is 44.5 Å². The number of rotatable bonds is 5. The summed E-state index contributed by atoms with van der Waals surface area (Å²) in [6.07, 6.45) is 0.0975. The van der Waals surface area contributed by atoms with Gasteiger partial charge in [-0.3, -0.25) is 0 Å². The summed E-state index contributed by atoms with van der Waals surface area (Å²) in [5, 5.41) is 22.5. The minimum Gasteiger partial charge on any atom is -0.476 e. The van der Waals surface area contributed by atoms with Gasteiger partial charge in [-0.05, 0) is 44.0 Å². The van der Waals surface area contributed by atoms with Crippen LogP contribution >= 0.6 is 11.6 Å². The maximum Gasteiger partial charge on any atom is 0.356 e. The summed E-state index contributed by atoms with van der Waals surface area (Å²) in [5.74, 6) is -4.38. The standard InChI is InChI=1S/C24H21ClF2N6O2/c1-11-5-15(12(2)29-16-3-4-19(25)31-21(16)23(34)35)20-17(6-11)30-18(9-28)22(32-20)33-10-13-7-14(33)8-24(13,26)27/h3-6,12-14,29H,7-8,10H2,1-2H3,(H,34,35)/t12-,13+,14+/m1/s1. The quantitative estimate of drug-likeness (QED) is 0.474. The SMILES string of the molecule is Cc1cc([C@@H](C)Nc2ccc(Cl)nc2C(=O)O)c2nc(N3C[C@@H]4C[C@H]3CC4(F)F)c(C#N)nc2c1. The van der Waals surface area contributed by atoms with Gasteiger partial charge in [0, 0.05) is 30.5 Å². The zero-order valence-corrected chi connectivity index (χ0v) is 19.6. The third-order valence-corrected chi connectivity index (χ3v) is 6.94. The highest BCUT2D eigenvalue weighted by molar-refractivity contribution is 6.29. The molecule has 2 fully saturated rings. The summed E-state index contributed by atoms with van der Waals surface area (Å²) in [6, 6.07) is 8.00. The third kappa shape index (κ3) is 4.00. The number of aromatic carboxylic acids is 1. The number of piperidine rings is 1. The molecule has 0 radical (unpaired) electrons. The van der Waals surface area contributed by atoms with Crippen LogP contribution in [0.3, 0.4) is 0 Å². The number of fused-ring (bicyclic) bond motifs is 3. The van der Waals surface area contributed by atoms with E-state index in [1.165, 1.54) is 6.07 Å². The van der Waals surface area contributed by atoms with Gasteiger partial charge in [-0.2, -0.15) is 5.26 Å². The lowest BCUT2D eigenvalue weighted by Gasteiger charge is -2.32. The highest BCUT2D eigenvalue weighted by atomic mass is 35.5. The van der Waals surface area contributed by atoms with Crippen molar-refractivity contribution in [1.29, 1.82) is 5.26 Å². The number of hydrogen-bond donors (Lipinski definition) is 2. The van der Waals surface area contributed by atoms with Crippen LogP contribution in [0, 0.1) is 24.2 Å². The number of nitrogens with zero attached hydrogens (tertiary/aromatic N) is 5. The fourth-order valence-corrected chi connectivity index (χ4v) is 5.26. The predicted molar refractivity (Wildman–Crippen MR) is 126 cm³/mol. The van der Waals surface area contributed by atoms with Gasteiger partial charge in [0.1, 0.15) is 11.2 Å².